The zero-order chi connectivity index (χ0) is 83.7. The van der Waals surface area contributed by atoms with Crippen molar-refractivity contribution in [2.75, 3.05) is 0 Å². The van der Waals surface area contributed by atoms with Gasteiger partial charge in [0, 0.05) is 38.9 Å². The molecule has 9 aromatic carbocycles. The van der Waals surface area contributed by atoms with Crippen LogP contribution in [0.3, 0.4) is 0 Å². The number of hydrogen-bond acceptors (Lipinski definition) is 41. The number of phenols is 27. The number of benzene rings is 9. The Morgan fingerprint density at radius 2 is 0.348 bits per heavy atom. The molecule has 4 atom stereocenters. The third-order valence-corrected chi connectivity index (χ3v) is 18.2. The lowest BCUT2D eigenvalue weighted by Crippen LogP contribution is -3.00. The third-order valence-electron chi connectivity index (χ3n) is 18.2. The number of ether oxygens (including phenoxy) is 2. The number of carboxylic acids is 1. The first-order valence-electron chi connectivity index (χ1n) is 30.2. The third kappa shape index (κ3) is 10.6. The van der Waals surface area contributed by atoms with Crippen molar-refractivity contribution >= 4 is 58.4 Å². The Kier molecular flexibility index (Phi) is 18.3. The fraction of sp³-hybridized carbons (Fsp3) is 0.0857. The molecule has 9 aromatic rings. The van der Waals surface area contributed by atoms with E-state index < -0.39 is 382 Å². The van der Waals surface area contributed by atoms with E-state index in [1.165, 1.54) is 0 Å². The minimum Gasteiger partial charge on any atom is -0.504 e. The average molecular weight is 1560 g/mol. The van der Waals surface area contributed by atoms with Gasteiger partial charge < -0.3 is 163 Å². The molecule has 0 saturated heterocycles. The first-order chi connectivity index (χ1) is 52.0. The van der Waals surface area contributed by atoms with E-state index in [9.17, 15) is 143 Å². The largest absolute Gasteiger partial charge is 0.504 e. The monoisotopic (exact) mass is 1560 g/mol. The molecule has 0 amide bonds. The van der Waals surface area contributed by atoms with Gasteiger partial charge in [0.15, 0.2) is 201 Å². The highest BCUT2D eigenvalue weighted by molar-refractivity contribution is 6.39. The first-order valence-corrected chi connectivity index (χ1v) is 30.2. The number of aliphatic carboxylic acids is 1. The minimum atomic E-state index is -7.06. The molecule has 0 aliphatic heterocycles. The Balaban J connectivity index is 1.81. The van der Waals surface area contributed by atoms with Gasteiger partial charge in [-0.05, 0) is 109 Å². The van der Waals surface area contributed by atoms with Crippen LogP contribution in [0, 0.1) is 10.8 Å². The molecule has 1 aliphatic carbocycles. The SMILES string of the molecule is O=C(OC1(C(=O)O)C(C(=O)c2cc(O)c(O)c(O)c2)(C(=O)c2cc(O)c(O)c(O)c2)[C@](O)(C(=O)c2cc(O)c(O)c(O)c2)C(O)(C(=O)c2cc(O)c(O)c(O)c2)[C@@](OC(=O)c2cc(O)c(O)c(O)c2)(C(=O)c2cc(O)c(O)c(O)c2)C1(C(=O)c1cc(O)c(O)c(O)c1)C(=O)c1cc(O)c(O)c(O)c1)c1cc(O)c(O)c(O)c1. The van der Waals surface area contributed by atoms with Crippen molar-refractivity contribution in [2.45, 2.75) is 22.4 Å². The molecule has 0 heterocycles. The van der Waals surface area contributed by atoms with Crippen LogP contribution in [-0.4, -0.2) is 234 Å². The van der Waals surface area contributed by atoms with E-state index in [1.54, 1.807) is 0 Å². The number of carbonyl (C=O) groups excluding carboxylic acids is 9. The molecule has 1 aliphatic rings. The number of phenolic OH excluding ortho intramolecular Hbond substituents is 27. The van der Waals surface area contributed by atoms with Crippen LogP contribution < -0.4 is 0 Å². The number of rotatable bonds is 19. The highest BCUT2D eigenvalue weighted by atomic mass is 16.6. The Morgan fingerprint density at radius 1 is 0.196 bits per heavy atom. The second-order valence-corrected chi connectivity index (χ2v) is 24.4. The van der Waals surface area contributed by atoms with Gasteiger partial charge in [-0.2, -0.15) is 0 Å². The van der Waals surface area contributed by atoms with Gasteiger partial charge in [0.1, 0.15) is 0 Å². The molecule has 42 nitrogen and oxygen atoms in total. The van der Waals surface area contributed by atoms with Crippen LogP contribution in [0.5, 0.6) is 155 Å². The van der Waals surface area contributed by atoms with Gasteiger partial charge in [-0.1, -0.05) is 0 Å². The van der Waals surface area contributed by atoms with Gasteiger partial charge in [0.25, 0.3) is 5.60 Å². The number of carbonyl (C=O) groups is 10. The molecule has 2 unspecified atom stereocenters. The maximum atomic E-state index is 18.4. The Morgan fingerprint density at radius 3 is 0.545 bits per heavy atom. The molecular weight excluding hydrogens is 1510 g/mol. The van der Waals surface area contributed by atoms with Gasteiger partial charge in [-0.15, -0.1) is 0 Å². The number of carboxylic acid groups (broad SMARTS) is 1. The molecule has 0 spiro atoms. The lowest BCUT2D eigenvalue weighted by Gasteiger charge is -2.70. The molecule has 112 heavy (non-hydrogen) atoms. The lowest BCUT2D eigenvalue weighted by atomic mass is 9.30. The minimum absolute atomic E-state index is 0.233. The molecule has 1 fully saturated rings. The van der Waals surface area contributed by atoms with Crippen LogP contribution in [0.4, 0.5) is 0 Å². The fourth-order valence-electron chi connectivity index (χ4n) is 13.3. The van der Waals surface area contributed by atoms with Gasteiger partial charge >= 0.3 is 17.9 Å². The summed E-state index contributed by atoms with van der Waals surface area (Å²) in [5, 5.41) is 349. The van der Waals surface area contributed by atoms with Crippen LogP contribution in [0.2, 0.25) is 0 Å². The summed E-state index contributed by atoms with van der Waals surface area (Å²) in [4.78, 5) is 177. The van der Waals surface area contributed by atoms with E-state index in [0.29, 0.717) is 0 Å². The van der Waals surface area contributed by atoms with Crippen LogP contribution in [0.1, 0.15) is 93.2 Å². The van der Waals surface area contributed by atoms with E-state index in [1.807, 2.05) is 0 Å². The van der Waals surface area contributed by atoms with Gasteiger partial charge in [-0.25, -0.2) is 14.4 Å². The molecule has 0 aromatic heterocycles. The second-order valence-electron chi connectivity index (χ2n) is 24.4. The summed E-state index contributed by atoms with van der Waals surface area (Å²) in [7, 11) is 0. The van der Waals surface area contributed by atoms with E-state index in [-0.39, 0.29) is 24.3 Å². The number of aliphatic hydroxyl groups is 2. The van der Waals surface area contributed by atoms with Crippen molar-refractivity contribution in [3.63, 3.8) is 0 Å². The van der Waals surface area contributed by atoms with E-state index >= 15 is 58.2 Å². The topological polar surface area (TPSA) is 796 Å². The quantitative estimate of drug-likeness (QED) is 0.0238. The molecule has 10 rings (SSSR count). The number of Topliss-reactive ketones (excluding diaryl/α,β-unsaturated/α-hetero) is 7. The summed E-state index contributed by atoms with van der Waals surface area (Å²) >= 11 is 0. The summed E-state index contributed by atoms with van der Waals surface area (Å²) in [6.07, 6.45) is 0. The second kappa shape index (κ2) is 26.3. The van der Waals surface area contributed by atoms with Gasteiger partial charge in [0.2, 0.25) is 22.8 Å². The number of aromatic hydroxyl groups is 27. The average Bonchev–Trinajstić information content (AvgIpc) is 0.609. The van der Waals surface area contributed by atoms with E-state index in [0.717, 1.165) is 0 Å². The van der Waals surface area contributed by atoms with Crippen LogP contribution in [0.25, 0.3) is 0 Å². The molecule has 0 bridgehead atoms. The normalized spacial score (nSPS) is 18.1. The summed E-state index contributed by atoms with van der Waals surface area (Å²) in [5.74, 6) is -90.5. The van der Waals surface area contributed by atoms with Crippen molar-refractivity contribution < 1.29 is 211 Å². The Labute approximate surface area is 614 Å². The summed E-state index contributed by atoms with van der Waals surface area (Å²) in [5.41, 5.74) is -62.6. The van der Waals surface area contributed by atoms with Crippen molar-refractivity contribution in [1.82, 2.24) is 0 Å². The van der Waals surface area contributed by atoms with Gasteiger partial charge in [0.05, 0.1) is 11.1 Å². The summed E-state index contributed by atoms with van der Waals surface area (Å²) < 4.78 is 11.7. The Hall–Kier alpha value is -16.4. The number of hydrogen-bond donors (Lipinski definition) is 30. The Bertz CT molecular complexity index is 5410. The molecule has 30 N–H and O–H groups in total. The maximum absolute atomic E-state index is 18.4. The summed E-state index contributed by atoms with van der Waals surface area (Å²) in [6, 6.07) is -7.01. The predicted molar refractivity (Wildman–Crippen MR) is 352 cm³/mol. The van der Waals surface area contributed by atoms with E-state index in [4.69, 9.17) is 9.47 Å². The molecule has 1 saturated carbocycles. The molecule has 0 radical (unpaired) electrons. The van der Waals surface area contributed by atoms with Crippen molar-refractivity contribution in [3.8, 4) is 155 Å². The maximum Gasteiger partial charge on any atom is 0.351 e. The zero-order valence-corrected chi connectivity index (χ0v) is 54.7. The molecule has 580 valence electrons. The fourth-order valence-corrected chi connectivity index (χ4v) is 13.3. The van der Waals surface area contributed by atoms with Gasteiger partial charge in [-0.3, -0.25) is 33.6 Å². The van der Waals surface area contributed by atoms with Crippen molar-refractivity contribution in [2.24, 2.45) is 10.8 Å². The smallest absolute Gasteiger partial charge is 0.351 e. The van der Waals surface area contributed by atoms with Crippen LogP contribution in [0.15, 0.2) is 109 Å². The zero-order valence-electron chi connectivity index (χ0n) is 54.7. The number of ketones is 7. The highest BCUT2D eigenvalue weighted by Gasteiger charge is 3.04. The van der Waals surface area contributed by atoms with Crippen LogP contribution >= 0.6 is 0 Å². The first kappa shape index (κ1) is 78.2. The number of esters is 2. The van der Waals surface area contributed by atoms with E-state index in [2.05, 4.69) is 0 Å². The van der Waals surface area contributed by atoms with Crippen molar-refractivity contribution in [3.05, 3.63) is 159 Å². The lowest BCUT2D eigenvalue weighted by molar-refractivity contribution is -0.307. The molecular formula is C70H48O42. The predicted octanol–water partition coefficient (Wildman–Crippen LogP) is 1.94. The highest BCUT2D eigenvalue weighted by Crippen LogP contribution is 2.75. The molecule has 42 heteroatoms. The van der Waals surface area contributed by atoms with Crippen LogP contribution in [-0.2, 0) is 14.3 Å². The summed E-state index contributed by atoms with van der Waals surface area (Å²) in [6.45, 7) is 0. The van der Waals surface area contributed by atoms with Crippen molar-refractivity contribution in [1.29, 1.82) is 0 Å². The standard InChI is InChI=1S/C70H48O42/c71-28-1-19(2-29(72)46(28)89)55(98)65(56(99)20-3-30(73)47(90)31(74)4-20)67(109,59(102)23-9-36(79)50(93)37(80)10-23)68(110,60(103)24-11-38(81)51(94)39(82)12-24)69(61(104)25-13-40(83)52(95)41(84)14-25,111-62(105)26-15-42(85)53(96)43(86)16-26)66(57(100)21-5-32(75)48(91)33(76)6-21,58(101)22-7-34(77)49(92)35(78)8-22)70(65,64(107)108)112-63(106)27-17-44(87)54(97)45(88)18-27/h1-18,71-97,109-110H,(H,107,108)/t67-,68?,69-,70?/m1/s1.